The lowest BCUT2D eigenvalue weighted by Gasteiger charge is -2.31. The average molecular weight is 512 g/mol. The van der Waals surface area contributed by atoms with Crippen LogP contribution in [0, 0.1) is 6.92 Å². The summed E-state index contributed by atoms with van der Waals surface area (Å²) in [4.78, 5) is 15.3. The highest BCUT2D eigenvalue weighted by atomic mass is 32.2. The normalized spacial score (nSPS) is 13.1. The summed E-state index contributed by atoms with van der Waals surface area (Å²) in [6, 6.07) is 29.4. The molecule has 0 bridgehead atoms. The first-order chi connectivity index (χ1) is 17.9. The Hall–Kier alpha value is -4.10. The summed E-state index contributed by atoms with van der Waals surface area (Å²) >= 11 is 0. The largest absolute Gasteiger partial charge is 0.367 e. The third-order valence-corrected chi connectivity index (χ3v) is 7.92. The third kappa shape index (κ3) is 5.84. The zero-order valence-electron chi connectivity index (χ0n) is 20.6. The molecule has 1 heterocycles. The molecule has 7 heteroatoms. The fraction of sp³-hybridized carbons (Fsp3) is 0.167. The van der Waals surface area contributed by atoms with Crippen molar-refractivity contribution < 1.29 is 13.2 Å². The summed E-state index contributed by atoms with van der Waals surface area (Å²) in [6.07, 6.45) is 2.25. The van der Waals surface area contributed by atoms with E-state index in [1.807, 2.05) is 43.3 Å². The number of carbonyl (C=O) groups is 1. The molecule has 188 valence electrons. The Morgan fingerprint density at radius 3 is 2.24 bits per heavy atom. The van der Waals surface area contributed by atoms with E-state index in [9.17, 15) is 13.2 Å². The quantitative estimate of drug-likeness (QED) is 0.319. The van der Waals surface area contributed by atoms with E-state index in [2.05, 4.69) is 39.2 Å². The number of nitrogens with zero attached hydrogens (tertiary/aromatic N) is 1. The van der Waals surface area contributed by atoms with Gasteiger partial charge in [0.25, 0.3) is 15.9 Å². The van der Waals surface area contributed by atoms with Crippen LogP contribution in [0.3, 0.4) is 0 Å². The van der Waals surface area contributed by atoms with Crippen LogP contribution in [0.4, 0.5) is 17.1 Å². The maximum atomic E-state index is 12.8. The number of sulfonamides is 1. The van der Waals surface area contributed by atoms with E-state index >= 15 is 0 Å². The van der Waals surface area contributed by atoms with Crippen molar-refractivity contribution in [3.05, 3.63) is 119 Å². The smallest absolute Gasteiger partial charge is 0.261 e. The van der Waals surface area contributed by atoms with Gasteiger partial charge >= 0.3 is 0 Å². The molecule has 0 spiro atoms. The number of para-hydroxylation sites is 1. The maximum absolute atomic E-state index is 12.8. The summed E-state index contributed by atoms with van der Waals surface area (Å²) in [7, 11) is -3.73. The van der Waals surface area contributed by atoms with E-state index < -0.39 is 10.0 Å². The van der Waals surface area contributed by atoms with Gasteiger partial charge in [-0.3, -0.25) is 9.52 Å². The van der Waals surface area contributed by atoms with Crippen molar-refractivity contribution in [2.24, 2.45) is 0 Å². The van der Waals surface area contributed by atoms with Crippen molar-refractivity contribution in [3.8, 4) is 0 Å². The SMILES string of the molecule is Cc1ccc(NS(=O)(=O)c2ccc(NC(=O)c3ccc(CN4CCCc5ccccc54)cc3)cc2)cc1. The molecule has 0 radical (unpaired) electrons. The first-order valence-electron chi connectivity index (χ1n) is 12.3. The van der Waals surface area contributed by atoms with Crippen LogP contribution in [0.5, 0.6) is 0 Å². The molecule has 1 aliphatic heterocycles. The van der Waals surface area contributed by atoms with Crippen LogP contribution in [-0.4, -0.2) is 20.9 Å². The van der Waals surface area contributed by atoms with Gasteiger partial charge in [-0.2, -0.15) is 0 Å². The number of rotatable bonds is 7. The van der Waals surface area contributed by atoms with Crippen LogP contribution in [0.25, 0.3) is 0 Å². The predicted molar refractivity (Wildman–Crippen MR) is 149 cm³/mol. The molecule has 37 heavy (non-hydrogen) atoms. The molecule has 0 fully saturated rings. The second-order valence-electron chi connectivity index (χ2n) is 9.30. The molecule has 0 atom stereocenters. The Balaban J connectivity index is 1.21. The zero-order chi connectivity index (χ0) is 25.8. The highest BCUT2D eigenvalue weighted by Crippen LogP contribution is 2.28. The number of fused-ring (bicyclic) bond motifs is 1. The first kappa shape index (κ1) is 24.6. The standard InChI is InChI=1S/C30H29N3O3S/c1-22-8-14-27(15-9-22)32-37(35,36)28-18-16-26(17-19-28)31-30(34)25-12-10-23(11-13-25)21-33-20-4-6-24-5-2-3-7-29(24)33/h2-3,5,7-19,32H,4,6,20-21H2,1H3,(H,31,34). The fourth-order valence-electron chi connectivity index (χ4n) is 4.51. The van der Waals surface area contributed by atoms with Gasteiger partial charge in [0, 0.05) is 35.7 Å². The minimum Gasteiger partial charge on any atom is -0.367 e. The Kier molecular flexibility index (Phi) is 6.97. The van der Waals surface area contributed by atoms with E-state index in [4.69, 9.17) is 0 Å². The highest BCUT2D eigenvalue weighted by molar-refractivity contribution is 7.92. The van der Waals surface area contributed by atoms with Crippen molar-refractivity contribution in [3.63, 3.8) is 0 Å². The van der Waals surface area contributed by atoms with Crippen molar-refractivity contribution in [1.82, 2.24) is 0 Å². The highest BCUT2D eigenvalue weighted by Gasteiger charge is 2.17. The number of amides is 1. The van der Waals surface area contributed by atoms with Gasteiger partial charge in [0.2, 0.25) is 0 Å². The van der Waals surface area contributed by atoms with Gasteiger partial charge in [0.05, 0.1) is 4.90 Å². The molecule has 5 rings (SSSR count). The summed E-state index contributed by atoms with van der Waals surface area (Å²) in [5.74, 6) is -0.247. The molecule has 0 saturated carbocycles. The molecule has 4 aromatic rings. The predicted octanol–water partition coefficient (Wildman–Crippen LogP) is 6.00. The topological polar surface area (TPSA) is 78.5 Å². The molecule has 6 nitrogen and oxygen atoms in total. The number of aryl methyl sites for hydroxylation is 2. The third-order valence-electron chi connectivity index (χ3n) is 6.52. The van der Waals surface area contributed by atoms with Gasteiger partial charge in [0.15, 0.2) is 0 Å². The van der Waals surface area contributed by atoms with Crippen molar-refractivity contribution in [2.45, 2.75) is 31.2 Å². The number of anilines is 3. The van der Waals surface area contributed by atoms with Crippen LogP contribution < -0.4 is 14.9 Å². The Morgan fingerprint density at radius 2 is 1.51 bits per heavy atom. The van der Waals surface area contributed by atoms with Crippen LogP contribution in [0.2, 0.25) is 0 Å². The molecule has 4 aromatic carbocycles. The van der Waals surface area contributed by atoms with Crippen LogP contribution in [0.1, 0.15) is 33.5 Å². The van der Waals surface area contributed by atoms with Crippen molar-refractivity contribution in [2.75, 3.05) is 21.5 Å². The van der Waals surface area contributed by atoms with Gasteiger partial charge < -0.3 is 10.2 Å². The minimum atomic E-state index is -3.73. The van der Waals surface area contributed by atoms with Gasteiger partial charge in [-0.1, -0.05) is 48.0 Å². The summed E-state index contributed by atoms with van der Waals surface area (Å²) < 4.78 is 27.9. The van der Waals surface area contributed by atoms with Gasteiger partial charge in [-0.15, -0.1) is 0 Å². The van der Waals surface area contributed by atoms with Gasteiger partial charge in [-0.05, 0) is 85.5 Å². The molecular formula is C30H29N3O3S. The van der Waals surface area contributed by atoms with Crippen molar-refractivity contribution in [1.29, 1.82) is 0 Å². The monoisotopic (exact) mass is 511 g/mol. The molecule has 0 unspecified atom stereocenters. The van der Waals surface area contributed by atoms with Crippen molar-refractivity contribution >= 4 is 33.0 Å². The van der Waals surface area contributed by atoms with E-state index in [-0.39, 0.29) is 10.8 Å². The number of hydrogen-bond acceptors (Lipinski definition) is 4. The number of hydrogen-bond donors (Lipinski definition) is 2. The lowest BCUT2D eigenvalue weighted by atomic mass is 10.0. The molecular weight excluding hydrogens is 482 g/mol. The average Bonchev–Trinajstić information content (AvgIpc) is 2.91. The second kappa shape index (κ2) is 10.5. The van der Waals surface area contributed by atoms with Gasteiger partial charge in [-0.25, -0.2) is 8.42 Å². The van der Waals surface area contributed by atoms with E-state index in [1.165, 1.54) is 23.4 Å². The lowest BCUT2D eigenvalue weighted by Crippen LogP contribution is -2.28. The molecule has 0 saturated heterocycles. The first-order valence-corrected chi connectivity index (χ1v) is 13.8. The Bertz CT molecular complexity index is 1500. The maximum Gasteiger partial charge on any atom is 0.261 e. The molecule has 2 N–H and O–H groups in total. The van der Waals surface area contributed by atoms with Gasteiger partial charge in [0.1, 0.15) is 0 Å². The fourth-order valence-corrected chi connectivity index (χ4v) is 5.57. The molecule has 1 aliphatic rings. The zero-order valence-corrected chi connectivity index (χ0v) is 21.5. The number of benzene rings is 4. The summed E-state index contributed by atoms with van der Waals surface area (Å²) in [5, 5.41) is 2.84. The summed E-state index contributed by atoms with van der Waals surface area (Å²) in [6.45, 7) is 3.76. The second-order valence-corrected chi connectivity index (χ2v) is 11.0. The molecule has 1 amide bonds. The minimum absolute atomic E-state index is 0.120. The van der Waals surface area contributed by atoms with Crippen LogP contribution in [-0.2, 0) is 23.0 Å². The van der Waals surface area contributed by atoms with Crippen LogP contribution in [0.15, 0.2) is 102 Å². The lowest BCUT2D eigenvalue weighted by molar-refractivity contribution is 0.102. The van der Waals surface area contributed by atoms with Crippen LogP contribution >= 0.6 is 0 Å². The number of carbonyl (C=O) groups excluding carboxylic acids is 1. The summed E-state index contributed by atoms with van der Waals surface area (Å²) in [5.41, 5.74) is 6.42. The Labute approximate surface area is 218 Å². The van der Waals surface area contributed by atoms with E-state index in [0.29, 0.717) is 16.9 Å². The Morgan fingerprint density at radius 1 is 0.838 bits per heavy atom. The van der Waals surface area contributed by atoms with E-state index in [1.54, 1.807) is 24.3 Å². The molecule has 0 aromatic heterocycles. The van der Waals surface area contributed by atoms with E-state index in [0.717, 1.165) is 37.1 Å². The number of nitrogens with one attached hydrogen (secondary N) is 2. The molecule has 0 aliphatic carbocycles.